The van der Waals surface area contributed by atoms with Gasteiger partial charge in [-0.05, 0) is 40.0 Å². The fourth-order valence-electron chi connectivity index (χ4n) is 1.94. The number of hydrogen-bond acceptors (Lipinski definition) is 3. The quantitative estimate of drug-likeness (QED) is 0.614. The molecule has 0 aromatic carbocycles. The SMILES string of the molecule is CCCN(CCN(C)C)C(CC)CNCC. The summed E-state index contributed by atoms with van der Waals surface area (Å²) >= 11 is 0. The van der Waals surface area contributed by atoms with Gasteiger partial charge in [0, 0.05) is 25.7 Å². The zero-order valence-electron chi connectivity index (χ0n) is 11.9. The number of likely N-dealkylation sites (N-methyl/N-ethyl adjacent to an activating group) is 2. The summed E-state index contributed by atoms with van der Waals surface area (Å²) in [5.74, 6) is 0. The lowest BCUT2D eigenvalue weighted by Gasteiger charge is -2.32. The molecule has 16 heavy (non-hydrogen) atoms. The number of nitrogens with one attached hydrogen (secondary N) is 1. The van der Waals surface area contributed by atoms with Gasteiger partial charge in [0.2, 0.25) is 0 Å². The van der Waals surface area contributed by atoms with Gasteiger partial charge >= 0.3 is 0 Å². The molecule has 1 N–H and O–H groups in total. The molecule has 0 saturated heterocycles. The minimum atomic E-state index is 0.694. The van der Waals surface area contributed by atoms with Crippen LogP contribution in [0.3, 0.4) is 0 Å². The average molecular weight is 229 g/mol. The Labute approximate surface area is 102 Å². The van der Waals surface area contributed by atoms with Crippen LogP contribution in [0.5, 0.6) is 0 Å². The molecule has 1 atom stereocenters. The molecule has 0 aromatic heterocycles. The van der Waals surface area contributed by atoms with Gasteiger partial charge in [-0.3, -0.25) is 4.90 Å². The van der Waals surface area contributed by atoms with E-state index in [0.717, 1.165) is 19.6 Å². The van der Waals surface area contributed by atoms with E-state index in [9.17, 15) is 0 Å². The molecule has 0 fully saturated rings. The molecule has 3 heteroatoms. The first-order chi connectivity index (χ1) is 7.65. The predicted molar refractivity (Wildman–Crippen MR) is 73.0 cm³/mol. The fraction of sp³-hybridized carbons (Fsp3) is 1.00. The van der Waals surface area contributed by atoms with E-state index in [1.165, 1.54) is 25.9 Å². The smallest absolute Gasteiger partial charge is 0.0218 e. The van der Waals surface area contributed by atoms with E-state index in [-0.39, 0.29) is 0 Å². The largest absolute Gasteiger partial charge is 0.315 e. The zero-order valence-corrected chi connectivity index (χ0v) is 11.9. The van der Waals surface area contributed by atoms with Crippen LogP contribution < -0.4 is 5.32 Å². The van der Waals surface area contributed by atoms with Crippen molar-refractivity contribution in [1.82, 2.24) is 15.1 Å². The fourth-order valence-corrected chi connectivity index (χ4v) is 1.94. The van der Waals surface area contributed by atoms with Crippen molar-refractivity contribution < 1.29 is 0 Å². The van der Waals surface area contributed by atoms with Crippen LogP contribution in [0.25, 0.3) is 0 Å². The minimum absolute atomic E-state index is 0.694. The second-order valence-corrected chi connectivity index (χ2v) is 4.71. The third-order valence-corrected chi connectivity index (χ3v) is 2.96. The molecule has 0 aliphatic rings. The molecule has 0 spiro atoms. The summed E-state index contributed by atoms with van der Waals surface area (Å²) in [6.07, 6.45) is 2.48. The molecule has 0 amide bonds. The van der Waals surface area contributed by atoms with E-state index in [1.807, 2.05) is 0 Å². The maximum Gasteiger partial charge on any atom is 0.0218 e. The Bertz CT molecular complexity index is 148. The van der Waals surface area contributed by atoms with Gasteiger partial charge in [0.15, 0.2) is 0 Å². The van der Waals surface area contributed by atoms with Crippen molar-refractivity contribution in [3.8, 4) is 0 Å². The third kappa shape index (κ3) is 7.20. The van der Waals surface area contributed by atoms with Crippen LogP contribution in [0.1, 0.15) is 33.6 Å². The summed E-state index contributed by atoms with van der Waals surface area (Å²) in [5, 5.41) is 3.47. The van der Waals surface area contributed by atoms with Crippen molar-refractivity contribution in [3.63, 3.8) is 0 Å². The first kappa shape index (κ1) is 15.9. The number of nitrogens with zero attached hydrogens (tertiary/aromatic N) is 2. The minimum Gasteiger partial charge on any atom is -0.315 e. The van der Waals surface area contributed by atoms with Crippen molar-refractivity contribution >= 4 is 0 Å². The molecule has 3 nitrogen and oxygen atoms in total. The third-order valence-electron chi connectivity index (χ3n) is 2.96. The Kier molecular flexibility index (Phi) is 9.99. The van der Waals surface area contributed by atoms with Crippen LogP contribution in [-0.4, -0.2) is 62.7 Å². The van der Waals surface area contributed by atoms with Gasteiger partial charge in [0.05, 0.1) is 0 Å². The maximum absolute atomic E-state index is 3.47. The topological polar surface area (TPSA) is 18.5 Å². The first-order valence-corrected chi connectivity index (χ1v) is 6.75. The summed E-state index contributed by atoms with van der Waals surface area (Å²) in [5.41, 5.74) is 0. The number of hydrogen-bond donors (Lipinski definition) is 1. The highest BCUT2D eigenvalue weighted by atomic mass is 15.2. The van der Waals surface area contributed by atoms with E-state index in [0.29, 0.717) is 6.04 Å². The average Bonchev–Trinajstić information content (AvgIpc) is 2.26. The molecule has 0 saturated carbocycles. The van der Waals surface area contributed by atoms with Crippen molar-refractivity contribution in [2.45, 2.75) is 39.7 Å². The van der Waals surface area contributed by atoms with E-state index in [2.05, 4.69) is 50.0 Å². The molecular formula is C13H31N3. The van der Waals surface area contributed by atoms with Crippen LogP contribution in [0.2, 0.25) is 0 Å². The zero-order chi connectivity index (χ0) is 12.4. The van der Waals surface area contributed by atoms with Gasteiger partial charge in [-0.15, -0.1) is 0 Å². The van der Waals surface area contributed by atoms with Crippen molar-refractivity contribution in [2.24, 2.45) is 0 Å². The molecule has 0 aliphatic heterocycles. The highest BCUT2D eigenvalue weighted by Gasteiger charge is 2.15. The molecule has 0 aliphatic carbocycles. The maximum atomic E-state index is 3.47. The van der Waals surface area contributed by atoms with Gasteiger partial charge in [-0.2, -0.15) is 0 Å². The Morgan fingerprint density at radius 1 is 1.00 bits per heavy atom. The highest BCUT2D eigenvalue weighted by Crippen LogP contribution is 2.04. The van der Waals surface area contributed by atoms with Crippen LogP contribution >= 0.6 is 0 Å². The van der Waals surface area contributed by atoms with Crippen molar-refractivity contribution in [2.75, 3.05) is 46.8 Å². The second-order valence-electron chi connectivity index (χ2n) is 4.71. The Hall–Kier alpha value is -0.120. The Morgan fingerprint density at radius 2 is 1.69 bits per heavy atom. The van der Waals surface area contributed by atoms with Gasteiger partial charge < -0.3 is 10.2 Å². The summed E-state index contributed by atoms with van der Waals surface area (Å²) in [4.78, 5) is 4.89. The van der Waals surface area contributed by atoms with Crippen LogP contribution in [-0.2, 0) is 0 Å². The summed E-state index contributed by atoms with van der Waals surface area (Å²) in [6.45, 7) is 12.5. The molecule has 0 radical (unpaired) electrons. The standard InChI is InChI=1S/C13H31N3/c1-6-9-16(11-10-15(4)5)13(7-2)12-14-8-3/h13-14H,6-12H2,1-5H3. The lowest BCUT2D eigenvalue weighted by molar-refractivity contribution is 0.171. The lowest BCUT2D eigenvalue weighted by Crippen LogP contribution is -2.45. The van der Waals surface area contributed by atoms with Crippen LogP contribution in [0.15, 0.2) is 0 Å². The van der Waals surface area contributed by atoms with Crippen molar-refractivity contribution in [3.05, 3.63) is 0 Å². The lowest BCUT2D eigenvalue weighted by atomic mass is 10.1. The van der Waals surface area contributed by atoms with E-state index >= 15 is 0 Å². The molecule has 0 rings (SSSR count). The van der Waals surface area contributed by atoms with E-state index < -0.39 is 0 Å². The van der Waals surface area contributed by atoms with Gasteiger partial charge in [-0.25, -0.2) is 0 Å². The molecule has 0 aromatic rings. The summed E-state index contributed by atoms with van der Waals surface area (Å²) in [6, 6.07) is 0.694. The van der Waals surface area contributed by atoms with Gasteiger partial charge in [0.25, 0.3) is 0 Å². The Balaban J connectivity index is 4.10. The van der Waals surface area contributed by atoms with E-state index in [1.54, 1.807) is 0 Å². The van der Waals surface area contributed by atoms with Crippen LogP contribution in [0, 0.1) is 0 Å². The normalized spacial score (nSPS) is 13.7. The summed E-state index contributed by atoms with van der Waals surface area (Å²) in [7, 11) is 4.30. The molecule has 98 valence electrons. The first-order valence-electron chi connectivity index (χ1n) is 6.75. The number of rotatable bonds is 10. The van der Waals surface area contributed by atoms with Gasteiger partial charge in [-0.1, -0.05) is 20.8 Å². The second kappa shape index (κ2) is 10.1. The van der Waals surface area contributed by atoms with Gasteiger partial charge in [0.1, 0.15) is 0 Å². The molecular weight excluding hydrogens is 198 g/mol. The van der Waals surface area contributed by atoms with Crippen LogP contribution in [0.4, 0.5) is 0 Å². The summed E-state index contributed by atoms with van der Waals surface area (Å²) < 4.78 is 0. The van der Waals surface area contributed by atoms with E-state index in [4.69, 9.17) is 0 Å². The van der Waals surface area contributed by atoms with Crippen molar-refractivity contribution in [1.29, 1.82) is 0 Å². The predicted octanol–water partition coefficient (Wildman–Crippen LogP) is 1.65. The highest BCUT2D eigenvalue weighted by molar-refractivity contribution is 4.73. The molecule has 0 heterocycles. The molecule has 1 unspecified atom stereocenters. The molecule has 0 bridgehead atoms. The monoisotopic (exact) mass is 229 g/mol. The Morgan fingerprint density at radius 3 is 2.12 bits per heavy atom.